The second-order valence-corrected chi connectivity index (χ2v) is 8.55. The van der Waals surface area contributed by atoms with Crippen molar-refractivity contribution in [3.05, 3.63) is 65.1 Å². The summed E-state index contributed by atoms with van der Waals surface area (Å²) >= 11 is 0. The third kappa shape index (κ3) is 4.04. The molecule has 4 heterocycles. The molecular weight excluding hydrogens is 426 g/mol. The number of ether oxygens (including phenoxy) is 1. The molecule has 0 unspecified atom stereocenters. The number of halogens is 2. The molecule has 0 radical (unpaired) electrons. The Bertz CT molecular complexity index is 1350. The highest BCUT2D eigenvalue weighted by atomic mass is 19.1. The van der Waals surface area contributed by atoms with Crippen molar-refractivity contribution in [1.29, 1.82) is 0 Å². The zero-order valence-corrected chi connectivity index (χ0v) is 18.9. The molecule has 0 saturated carbocycles. The number of nitrogens with zero attached hydrogens (tertiary/aromatic N) is 6. The van der Waals surface area contributed by atoms with Crippen LogP contribution in [0, 0.1) is 25.5 Å². The van der Waals surface area contributed by atoms with E-state index in [-0.39, 0.29) is 17.8 Å². The number of hydrogen-bond donors (Lipinski definition) is 0. The maximum atomic E-state index is 14.8. The molecule has 0 bridgehead atoms. The average Bonchev–Trinajstić information content (AvgIpc) is 3.20. The maximum absolute atomic E-state index is 14.8. The van der Waals surface area contributed by atoms with Crippen LogP contribution in [0.4, 0.5) is 14.7 Å². The predicted octanol–water partition coefficient (Wildman–Crippen LogP) is 4.29. The number of benzene rings is 1. The van der Waals surface area contributed by atoms with Crippen molar-refractivity contribution in [2.24, 2.45) is 7.05 Å². The lowest BCUT2D eigenvalue weighted by atomic mass is 10.1. The van der Waals surface area contributed by atoms with Gasteiger partial charge in [-0.15, -0.1) is 0 Å². The molecule has 3 aromatic heterocycles. The highest BCUT2D eigenvalue weighted by molar-refractivity contribution is 5.92. The van der Waals surface area contributed by atoms with Gasteiger partial charge in [0.1, 0.15) is 17.7 Å². The molecule has 1 fully saturated rings. The van der Waals surface area contributed by atoms with Gasteiger partial charge in [-0.1, -0.05) is 0 Å². The minimum absolute atomic E-state index is 0.0815. The molecule has 33 heavy (non-hydrogen) atoms. The fourth-order valence-corrected chi connectivity index (χ4v) is 4.17. The molecule has 1 saturated heterocycles. The number of anilines is 1. The van der Waals surface area contributed by atoms with E-state index in [0.29, 0.717) is 35.8 Å². The van der Waals surface area contributed by atoms with Gasteiger partial charge in [-0.3, -0.25) is 4.68 Å². The summed E-state index contributed by atoms with van der Waals surface area (Å²) in [5, 5.41) is 4.87. The van der Waals surface area contributed by atoms with Crippen LogP contribution in [0.5, 0.6) is 0 Å². The van der Waals surface area contributed by atoms with Gasteiger partial charge in [0.25, 0.3) is 0 Å². The molecule has 0 amide bonds. The Hall–Kier alpha value is -3.46. The summed E-state index contributed by atoms with van der Waals surface area (Å²) in [4.78, 5) is 16.2. The van der Waals surface area contributed by atoms with Gasteiger partial charge < -0.3 is 9.64 Å². The third-order valence-electron chi connectivity index (χ3n) is 5.94. The molecule has 1 aliphatic rings. The fraction of sp³-hybridized carbons (Fsp3) is 0.333. The third-order valence-corrected chi connectivity index (χ3v) is 5.94. The van der Waals surface area contributed by atoms with Crippen LogP contribution in [0.25, 0.3) is 22.3 Å². The number of rotatable bonds is 3. The fourth-order valence-electron chi connectivity index (χ4n) is 4.17. The predicted molar refractivity (Wildman–Crippen MR) is 121 cm³/mol. The smallest absolute Gasteiger partial charge is 0.228 e. The van der Waals surface area contributed by atoms with E-state index < -0.39 is 11.6 Å². The maximum Gasteiger partial charge on any atom is 0.228 e. The summed E-state index contributed by atoms with van der Waals surface area (Å²) in [6, 6.07) is 5.41. The van der Waals surface area contributed by atoms with Crippen molar-refractivity contribution in [2.45, 2.75) is 33.0 Å². The van der Waals surface area contributed by atoms with Crippen molar-refractivity contribution in [1.82, 2.24) is 24.7 Å². The van der Waals surface area contributed by atoms with E-state index in [1.165, 1.54) is 12.1 Å². The first-order chi connectivity index (χ1) is 15.8. The van der Waals surface area contributed by atoms with Crippen LogP contribution in [0.15, 0.2) is 36.7 Å². The molecule has 1 aliphatic heterocycles. The van der Waals surface area contributed by atoms with E-state index in [9.17, 15) is 8.78 Å². The standard InChI is InChI=1S/C24H24F2N6O/c1-13-7-19-22(18-6-5-17(25)8-20(18)26)29-24(30-23(19)28-15(13)3)32-10-14(2)33-21(12-32)16-9-27-31(4)11-16/h5-9,11,14,21H,10,12H2,1-4H3/t14-,21-/m0/s1. The molecule has 0 N–H and O–H groups in total. The minimum atomic E-state index is -0.678. The lowest BCUT2D eigenvalue weighted by Gasteiger charge is -2.36. The molecule has 0 spiro atoms. The van der Waals surface area contributed by atoms with E-state index in [0.717, 1.165) is 22.9 Å². The van der Waals surface area contributed by atoms with Crippen LogP contribution in [0.1, 0.15) is 29.8 Å². The Morgan fingerprint density at radius 2 is 1.88 bits per heavy atom. The number of hydrogen-bond acceptors (Lipinski definition) is 6. The normalized spacial score (nSPS) is 18.8. The van der Waals surface area contributed by atoms with E-state index in [2.05, 4.69) is 10.1 Å². The second kappa shape index (κ2) is 8.15. The molecule has 7 nitrogen and oxygen atoms in total. The largest absolute Gasteiger partial charge is 0.367 e. The van der Waals surface area contributed by atoms with Gasteiger partial charge in [-0.05, 0) is 44.5 Å². The zero-order chi connectivity index (χ0) is 23.3. The summed E-state index contributed by atoms with van der Waals surface area (Å²) < 4.78 is 36.3. The van der Waals surface area contributed by atoms with Gasteiger partial charge in [0, 0.05) is 48.1 Å². The van der Waals surface area contributed by atoms with E-state index >= 15 is 0 Å². The molecule has 5 rings (SSSR count). The average molecular weight is 450 g/mol. The van der Waals surface area contributed by atoms with Gasteiger partial charge in [-0.25, -0.2) is 18.7 Å². The van der Waals surface area contributed by atoms with Crippen molar-refractivity contribution < 1.29 is 13.5 Å². The van der Waals surface area contributed by atoms with Crippen molar-refractivity contribution in [3.8, 4) is 11.3 Å². The van der Waals surface area contributed by atoms with Gasteiger partial charge in [-0.2, -0.15) is 10.1 Å². The molecule has 170 valence electrons. The highest BCUT2D eigenvalue weighted by Gasteiger charge is 2.30. The van der Waals surface area contributed by atoms with Crippen LogP contribution in [-0.4, -0.2) is 43.9 Å². The first-order valence-corrected chi connectivity index (χ1v) is 10.8. The molecule has 2 atom stereocenters. The summed E-state index contributed by atoms with van der Waals surface area (Å²) in [5.41, 5.74) is 3.81. The molecule has 4 aromatic rings. The first-order valence-electron chi connectivity index (χ1n) is 10.8. The molecule has 1 aromatic carbocycles. The Kier molecular flexibility index (Phi) is 5.28. The summed E-state index contributed by atoms with van der Waals surface area (Å²) in [7, 11) is 1.86. The minimum Gasteiger partial charge on any atom is -0.367 e. The second-order valence-electron chi connectivity index (χ2n) is 8.55. The van der Waals surface area contributed by atoms with Crippen LogP contribution in [-0.2, 0) is 11.8 Å². The number of fused-ring (bicyclic) bond motifs is 1. The van der Waals surface area contributed by atoms with Gasteiger partial charge in [0.05, 0.1) is 24.5 Å². The monoisotopic (exact) mass is 450 g/mol. The quantitative estimate of drug-likeness (QED) is 0.464. The Morgan fingerprint density at radius 1 is 1.06 bits per heavy atom. The topological polar surface area (TPSA) is 69.0 Å². The van der Waals surface area contributed by atoms with Gasteiger partial charge in [0.2, 0.25) is 5.95 Å². The Morgan fingerprint density at radius 3 is 2.61 bits per heavy atom. The number of pyridine rings is 1. The lowest BCUT2D eigenvalue weighted by Crippen LogP contribution is -2.43. The van der Waals surface area contributed by atoms with Crippen LogP contribution >= 0.6 is 0 Å². The first kappa shape index (κ1) is 21.4. The SMILES string of the molecule is Cc1cc2c(-c3ccc(F)cc3F)nc(N3C[C@@H](c4cnn(C)c4)O[C@@H](C)C3)nc2nc1C. The highest BCUT2D eigenvalue weighted by Crippen LogP contribution is 2.33. The van der Waals surface area contributed by atoms with Crippen LogP contribution < -0.4 is 4.90 Å². The number of morpholine rings is 1. The van der Waals surface area contributed by atoms with Gasteiger partial charge >= 0.3 is 0 Å². The summed E-state index contributed by atoms with van der Waals surface area (Å²) in [6.07, 6.45) is 3.42. The van der Waals surface area contributed by atoms with Gasteiger partial charge in [0.15, 0.2) is 5.65 Å². The van der Waals surface area contributed by atoms with Crippen molar-refractivity contribution in [2.75, 3.05) is 18.0 Å². The van der Waals surface area contributed by atoms with E-state index in [1.54, 1.807) is 10.9 Å². The van der Waals surface area contributed by atoms with Crippen LogP contribution in [0.2, 0.25) is 0 Å². The van der Waals surface area contributed by atoms with E-state index in [4.69, 9.17) is 14.7 Å². The molecule has 9 heteroatoms. The zero-order valence-electron chi connectivity index (χ0n) is 18.9. The Labute approximate surface area is 190 Å². The molecule has 0 aliphatic carbocycles. The van der Waals surface area contributed by atoms with Crippen LogP contribution in [0.3, 0.4) is 0 Å². The number of aryl methyl sites for hydroxylation is 3. The summed E-state index contributed by atoms with van der Waals surface area (Å²) in [6.45, 7) is 6.91. The Balaban J connectivity index is 1.64. The van der Waals surface area contributed by atoms with Crippen molar-refractivity contribution >= 4 is 17.0 Å². The lowest BCUT2D eigenvalue weighted by molar-refractivity contribution is -0.0178. The van der Waals surface area contributed by atoms with E-state index in [1.807, 2.05) is 45.0 Å². The molecular formula is C24H24F2N6O. The summed E-state index contributed by atoms with van der Waals surface area (Å²) in [5.74, 6) is -0.884. The number of aromatic nitrogens is 5. The van der Waals surface area contributed by atoms with Crippen molar-refractivity contribution in [3.63, 3.8) is 0 Å².